The number of primary amides is 1. The van der Waals surface area contributed by atoms with E-state index in [4.69, 9.17) is 11.5 Å². The Bertz CT molecular complexity index is 936. The van der Waals surface area contributed by atoms with Gasteiger partial charge in [-0.3, -0.25) is 19.2 Å². The molecule has 0 spiro atoms. The van der Waals surface area contributed by atoms with Crippen molar-refractivity contribution in [1.82, 2.24) is 16.0 Å². The van der Waals surface area contributed by atoms with Gasteiger partial charge in [-0.2, -0.15) is 0 Å². The summed E-state index contributed by atoms with van der Waals surface area (Å²) >= 11 is 0. The molecule has 6 atom stereocenters. The number of carboxylic acid groups (broad SMARTS) is 1. The number of carbonyl (C=O) groups excluding carboxylic acids is 4. The van der Waals surface area contributed by atoms with Crippen molar-refractivity contribution >= 4 is 29.6 Å². The average molecular weight is 512 g/mol. The van der Waals surface area contributed by atoms with Gasteiger partial charge in [0.05, 0.1) is 12.2 Å². The van der Waals surface area contributed by atoms with Crippen molar-refractivity contribution in [2.45, 2.75) is 69.5 Å². The summed E-state index contributed by atoms with van der Waals surface area (Å²) in [4.78, 5) is 60.7. The zero-order valence-electron chi connectivity index (χ0n) is 19.9. The minimum absolute atomic E-state index is 0.0288. The number of aliphatic carboxylic acids is 1. The lowest BCUT2D eigenvalue weighted by Gasteiger charge is -2.26. The second-order valence-electron chi connectivity index (χ2n) is 8.33. The quantitative estimate of drug-likeness (QED) is 0.121. The molecule has 1 aromatic carbocycles. The van der Waals surface area contributed by atoms with Crippen LogP contribution in [0, 0.1) is 0 Å². The van der Waals surface area contributed by atoms with E-state index in [-0.39, 0.29) is 25.0 Å². The van der Waals surface area contributed by atoms with E-state index < -0.39 is 66.0 Å². The summed E-state index contributed by atoms with van der Waals surface area (Å²) in [6.07, 6.45) is -3.48. The molecule has 1 aromatic rings. The van der Waals surface area contributed by atoms with Gasteiger partial charge in [0.2, 0.25) is 23.6 Å². The molecule has 0 bridgehead atoms. The number of hydrogen-bond acceptors (Lipinski definition) is 9. The molecule has 0 saturated heterocycles. The highest BCUT2D eigenvalue weighted by molar-refractivity contribution is 5.94. The van der Waals surface area contributed by atoms with Crippen molar-refractivity contribution in [2.75, 3.05) is 0 Å². The van der Waals surface area contributed by atoms with Crippen LogP contribution >= 0.6 is 0 Å². The molecule has 4 amide bonds. The second-order valence-corrected chi connectivity index (χ2v) is 8.33. The molecule has 0 fully saturated rings. The number of hydrogen-bond donors (Lipinski definition) is 9. The van der Waals surface area contributed by atoms with Crippen LogP contribution in [0.15, 0.2) is 24.3 Å². The molecule has 14 nitrogen and oxygen atoms in total. The van der Waals surface area contributed by atoms with E-state index >= 15 is 0 Å². The molecule has 0 heterocycles. The molecule has 1 rings (SSSR count). The highest BCUT2D eigenvalue weighted by Crippen LogP contribution is 2.12. The fourth-order valence-electron chi connectivity index (χ4n) is 3.03. The molecule has 0 saturated carbocycles. The fourth-order valence-corrected chi connectivity index (χ4v) is 3.03. The second kappa shape index (κ2) is 14.0. The lowest BCUT2D eigenvalue weighted by Crippen LogP contribution is -2.60. The summed E-state index contributed by atoms with van der Waals surface area (Å²) in [6.45, 7) is 2.44. The van der Waals surface area contributed by atoms with Gasteiger partial charge in [0, 0.05) is 12.8 Å². The standard InChI is InChI=1S/C22H33N5O9/c1-10(28)17(24)20(33)25-14(7-8-16(23)31)19(32)27-18(11(2)29)21(34)26-15(22(35)36)9-12-3-5-13(30)6-4-12/h3-6,10-11,14-15,17-18,28-30H,7-9,24H2,1-2H3,(H2,23,31)(H,25,33)(H,26,34)(H,27,32)(H,35,36). The first-order chi connectivity index (χ1) is 16.7. The third-order valence-electron chi connectivity index (χ3n) is 5.19. The van der Waals surface area contributed by atoms with Crippen LogP contribution in [-0.2, 0) is 30.4 Å². The Labute approximate surface area is 207 Å². The van der Waals surface area contributed by atoms with Crippen molar-refractivity contribution in [3.05, 3.63) is 29.8 Å². The summed E-state index contributed by atoms with van der Waals surface area (Å²) in [5, 5.41) is 45.2. The normalized spacial score (nSPS) is 15.9. The van der Waals surface area contributed by atoms with E-state index in [9.17, 15) is 44.4 Å². The number of amides is 4. The van der Waals surface area contributed by atoms with Gasteiger partial charge in [-0.25, -0.2) is 4.79 Å². The number of nitrogens with two attached hydrogens (primary N) is 2. The van der Waals surface area contributed by atoms with E-state index in [1.807, 2.05) is 0 Å². The molecule has 6 unspecified atom stereocenters. The number of phenols is 1. The summed E-state index contributed by atoms with van der Waals surface area (Å²) in [5.41, 5.74) is 11.2. The van der Waals surface area contributed by atoms with E-state index in [0.29, 0.717) is 5.56 Å². The van der Waals surface area contributed by atoms with Crippen molar-refractivity contribution in [3.63, 3.8) is 0 Å². The summed E-state index contributed by atoms with van der Waals surface area (Å²) < 4.78 is 0. The van der Waals surface area contributed by atoms with E-state index in [0.717, 1.165) is 0 Å². The van der Waals surface area contributed by atoms with Gasteiger partial charge >= 0.3 is 5.97 Å². The fraction of sp³-hybridized carbons (Fsp3) is 0.500. The van der Waals surface area contributed by atoms with Crippen LogP contribution in [0.5, 0.6) is 5.75 Å². The van der Waals surface area contributed by atoms with Gasteiger partial charge in [-0.05, 0) is 38.0 Å². The first-order valence-corrected chi connectivity index (χ1v) is 11.0. The largest absolute Gasteiger partial charge is 0.508 e. The molecule has 200 valence electrons. The third kappa shape index (κ3) is 9.85. The highest BCUT2D eigenvalue weighted by atomic mass is 16.4. The Morgan fingerprint density at radius 1 is 0.861 bits per heavy atom. The van der Waals surface area contributed by atoms with Crippen molar-refractivity contribution in [3.8, 4) is 5.75 Å². The number of benzene rings is 1. The maximum atomic E-state index is 12.8. The van der Waals surface area contributed by atoms with E-state index in [1.165, 1.54) is 38.1 Å². The van der Waals surface area contributed by atoms with Gasteiger partial charge in [-0.15, -0.1) is 0 Å². The monoisotopic (exact) mass is 511 g/mol. The summed E-state index contributed by atoms with van der Waals surface area (Å²) in [7, 11) is 0. The third-order valence-corrected chi connectivity index (χ3v) is 5.19. The van der Waals surface area contributed by atoms with Crippen LogP contribution in [0.4, 0.5) is 0 Å². The minimum Gasteiger partial charge on any atom is -0.508 e. The number of carbonyl (C=O) groups is 5. The topological polar surface area (TPSA) is 254 Å². The summed E-state index contributed by atoms with van der Waals surface area (Å²) in [6, 6.07) is -0.230. The summed E-state index contributed by atoms with van der Waals surface area (Å²) in [5.74, 6) is -5.10. The molecular formula is C22H33N5O9. The van der Waals surface area contributed by atoms with Crippen LogP contribution < -0.4 is 27.4 Å². The van der Waals surface area contributed by atoms with Crippen molar-refractivity contribution in [2.24, 2.45) is 11.5 Å². The average Bonchev–Trinajstić information content (AvgIpc) is 2.79. The van der Waals surface area contributed by atoms with Gasteiger partial charge in [-0.1, -0.05) is 12.1 Å². The number of rotatable bonds is 14. The lowest BCUT2D eigenvalue weighted by atomic mass is 10.0. The SMILES string of the molecule is CC(O)C(N)C(=O)NC(CCC(N)=O)C(=O)NC(C(=O)NC(Cc1ccc(O)cc1)C(=O)O)C(C)O. The Morgan fingerprint density at radius 3 is 1.89 bits per heavy atom. The molecule has 11 N–H and O–H groups in total. The molecule has 0 radical (unpaired) electrons. The smallest absolute Gasteiger partial charge is 0.326 e. The molecular weight excluding hydrogens is 478 g/mol. The Balaban J connectivity index is 3.00. The van der Waals surface area contributed by atoms with Crippen LogP contribution in [-0.4, -0.2) is 86.4 Å². The number of aromatic hydroxyl groups is 1. The van der Waals surface area contributed by atoms with Gasteiger partial charge < -0.3 is 47.8 Å². The predicted octanol–water partition coefficient (Wildman–Crippen LogP) is -3.17. The minimum atomic E-state index is -1.63. The molecule has 14 heteroatoms. The number of aliphatic hydroxyl groups is 2. The van der Waals surface area contributed by atoms with Crippen molar-refractivity contribution in [1.29, 1.82) is 0 Å². The van der Waals surface area contributed by atoms with E-state index in [2.05, 4.69) is 16.0 Å². The van der Waals surface area contributed by atoms with Gasteiger partial charge in [0.1, 0.15) is 29.9 Å². The van der Waals surface area contributed by atoms with Crippen LogP contribution in [0.25, 0.3) is 0 Å². The maximum Gasteiger partial charge on any atom is 0.326 e. The number of carboxylic acids is 1. The zero-order chi connectivity index (χ0) is 27.6. The Kier molecular flexibility index (Phi) is 11.7. The van der Waals surface area contributed by atoms with Crippen LogP contribution in [0.1, 0.15) is 32.3 Å². The lowest BCUT2D eigenvalue weighted by molar-refractivity contribution is -0.143. The number of phenolic OH excluding ortho intramolecular Hbond substituents is 1. The van der Waals surface area contributed by atoms with Gasteiger partial charge in [0.15, 0.2) is 0 Å². The molecule has 0 aliphatic carbocycles. The maximum absolute atomic E-state index is 12.8. The molecule has 0 aliphatic heterocycles. The van der Waals surface area contributed by atoms with Crippen LogP contribution in [0.2, 0.25) is 0 Å². The molecule has 0 aliphatic rings. The highest BCUT2D eigenvalue weighted by Gasteiger charge is 2.33. The number of aliphatic hydroxyl groups excluding tert-OH is 2. The van der Waals surface area contributed by atoms with Crippen molar-refractivity contribution < 1.29 is 44.4 Å². The first kappa shape index (κ1) is 30.3. The first-order valence-electron chi connectivity index (χ1n) is 11.0. The zero-order valence-corrected chi connectivity index (χ0v) is 19.9. The van der Waals surface area contributed by atoms with Gasteiger partial charge in [0.25, 0.3) is 0 Å². The molecule has 0 aromatic heterocycles. The predicted molar refractivity (Wildman–Crippen MR) is 125 cm³/mol. The number of nitrogens with one attached hydrogen (secondary N) is 3. The Hall–Kier alpha value is -3.75. The molecule has 36 heavy (non-hydrogen) atoms. The van der Waals surface area contributed by atoms with E-state index in [1.54, 1.807) is 0 Å². The Morgan fingerprint density at radius 2 is 1.42 bits per heavy atom. The van der Waals surface area contributed by atoms with Crippen LogP contribution in [0.3, 0.4) is 0 Å².